The van der Waals surface area contributed by atoms with Gasteiger partial charge in [0.1, 0.15) is 6.04 Å². The van der Waals surface area contributed by atoms with Gasteiger partial charge in [0.25, 0.3) is 0 Å². The molecule has 0 aromatic heterocycles. The van der Waals surface area contributed by atoms with Gasteiger partial charge < -0.3 is 10.2 Å². The maximum absolute atomic E-state index is 14.0. The summed E-state index contributed by atoms with van der Waals surface area (Å²) in [6.45, 7) is 5.07. The van der Waals surface area contributed by atoms with Crippen molar-refractivity contribution in [2.75, 3.05) is 6.54 Å². The van der Waals surface area contributed by atoms with Crippen molar-refractivity contribution < 1.29 is 9.59 Å². The van der Waals surface area contributed by atoms with E-state index in [1.807, 2.05) is 72.8 Å². The molecule has 0 spiro atoms. The molecule has 4 nitrogen and oxygen atoms in total. The average molecular weight is 572 g/mol. The van der Waals surface area contributed by atoms with Crippen LogP contribution < -0.4 is 5.32 Å². The quantitative estimate of drug-likeness (QED) is 0.212. The van der Waals surface area contributed by atoms with Crippen LogP contribution >= 0.6 is 15.9 Å². The van der Waals surface area contributed by atoms with Crippen LogP contribution in [-0.2, 0) is 29.0 Å². The second kappa shape index (κ2) is 13.4. The van der Waals surface area contributed by atoms with E-state index in [1.54, 1.807) is 4.90 Å². The highest BCUT2D eigenvalue weighted by Crippen LogP contribution is 2.22. The molecule has 0 heterocycles. The zero-order valence-corrected chi connectivity index (χ0v) is 23.7. The summed E-state index contributed by atoms with van der Waals surface area (Å²) >= 11 is 3.55. The van der Waals surface area contributed by atoms with Crippen molar-refractivity contribution in [2.24, 2.45) is 5.92 Å². The van der Waals surface area contributed by atoms with Gasteiger partial charge in [-0.1, -0.05) is 115 Å². The molecule has 0 aliphatic rings. The SMILES string of the molecule is CC(C)CNC(=O)[C@@H](Cc1ccccc1)N(Cc1cccc(Br)c1)C(=O)CCc1cccc2ccccc12. The molecule has 2 amide bonds. The fourth-order valence-corrected chi connectivity index (χ4v) is 5.15. The molecule has 4 rings (SSSR count). The number of nitrogens with one attached hydrogen (secondary N) is 1. The van der Waals surface area contributed by atoms with Crippen LogP contribution in [0.1, 0.15) is 37.0 Å². The molecule has 0 aliphatic heterocycles. The first-order valence-electron chi connectivity index (χ1n) is 13.2. The summed E-state index contributed by atoms with van der Waals surface area (Å²) < 4.78 is 0.946. The van der Waals surface area contributed by atoms with Crippen LogP contribution in [0, 0.1) is 5.92 Å². The fraction of sp³-hybridized carbons (Fsp3) is 0.273. The van der Waals surface area contributed by atoms with E-state index in [4.69, 9.17) is 0 Å². The highest BCUT2D eigenvalue weighted by Gasteiger charge is 2.30. The Balaban J connectivity index is 1.64. The van der Waals surface area contributed by atoms with Crippen molar-refractivity contribution in [1.29, 1.82) is 0 Å². The smallest absolute Gasteiger partial charge is 0.243 e. The first-order chi connectivity index (χ1) is 18.4. The number of carbonyl (C=O) groups excluding carboxylic acids is 2. The largest absolute Gasteiger partial charge is 0.354 e. The molecule has 4 aromatic carbocycles. The summed E-state index contributed by atoms with van der Waals surface area (Å²) in [7, 11) is 0. The molecule has 38 heavy (non-hydrogen) atoms. The first-order valence-corrected chi connectivity index (χ1v) is 14.0. The summed E-state index contributed by atoms with van der Waals surface area (Å²) in [6.07, 6.45) is 1.39. The number of amides is 2. The number of hydrogen-bond acceptors (Lipinski definition) is 2. The van der Waals surface area contributed by atoms with E-state index in [9.17, 15) is 9.59 Å². The molecule has 1 atom stereocenters. The highest BCUT2D eigenvalue weighted by atomic mass is 79.9. The van der Waals surface area contributed by atoms with E-state index in [0.29, 0.717) is 38.3 Å². The van der Waals surface area contributed by atoms with Crippen LogP contribution in [0.4, 0.5) is 0 Å². The topological polar surface area (TPSA) is 49.4 Å². The second-order valence-corrected chi connectivity index (χ2v) is 11.1. The van der Waals surface area contributed by atoms with Crippen molar-refractivity contribution in [1.82, 2.24) is 10.2 Å². The molecule has 0 fully saturated rings. The van der Waals surface area contributed by atoms with E-state index in [-0.39, 0.29) is 11.8 Å². The minimum absolute atomic E-state index is 0.0291. The maximum Gasteiger partial charge on any atom is 0.243 e. The van der Waals surface area contributed by atoms with Crippen molar-refractivity contribution in [3.8, 4) is 0 Å². The average Bonchev–Trinajstić information content (AvgIpc) is 2.93. The molecule has 0 bridgehead atoms. The monoisotopic (exact) mass is 570 g/mol. The summed E-state index contributed by atoms with van der Waals surface area (Å²) in [6, 6.07) is 31.7. The van der Waals surface area contributed by atoms with Crippen LogP contribution in [0.5, 0.6) is 0 Å². The minimum atomic E-state index is -0.616. The normalized spacial score (nSPS) is 11.9. The van der Waals surface area contributed by atoms with E-state index in [2.05, 4.69) is 59.4 Å². The predicted octanol–water partition coefficient (Wildman–Crippen LogP) is 6.95. The summed E-state index contributed by atoms with van der Waals surface area (Å²) in [4.78, 5) is 29.3. The number of hydrogen-bond donors (Lipinski definition) is 1. The van der Waals surface area contributed by atoms with Gasteiger partial charge in [-0.3, -0.25) is 9.59 Å². The number of benzene rings is 4. The lowest BCUT2D eigenvalue weighted by Gasteiger charge is -2.32. The third-order valence-corrected chi connectivity index (χ3v) is 7.18. The van der Waals surface area contributed by atoms with Gasteiger partial charge in [-0.05, 0) is 51.9 Å². The van der Waals surface area contributed by atoms with Crippen LogP contribution in [0.2, 0.25) is 0 Å². The Morgan fingerprint density at radius 1 is 0.842 bits per heavy atom. The van der Waals surface area contributed by atoms with Gasteiger partial charge in [0, 0.05) is 30.4 Å². The Kier molecular flexibility index (Phi) is 9.72. The van der Waals surface area contributed by atoms with Crippen molar-refractivity contribution in [3.63, 3.8) is 0 Å². The Labute approximate surface area is 234 Å². The predicted molar refractivity (Wildman–Crippen MR) is 159 cm³/mol. The van der Waals surface area contributed by atoms with E-state index < -0.39 is 6.04 Å². The van der Waals surface area contributed by atoms with Gasteiger partial charge in [-0.2, -0.15) is 0 Å². The maximum atomic E-state index is 14.0. The molecule has 0 unspecified atom stereocenters. The lowest BCUT2D eigenvalue weighted by atomic mass is 9.99. The lowest BCUT2D eigenvalue weighted by molar-refractivity contribution is -0.141. The molecule has 0 aliphatic carbocycles. The standard InChI is InChI=1S/C33H35BrN2O2/c1-24(2)22-35-33(38)31(21-25-10-4-3-5-11-25)36(23-26-12-8-16-29(34)20-26)32(37)19-18-28-15-9-14-27-13-6-7-17-30(27)28/h3-17,20,24,31H,18-19,21-23H2,1-2H3,(H,35,38)/t31-/m1/s1. The van der Waals surface area contributed by atoms with Crippen LogP contribution in [0.25, 0.3) is 10.8 Å². The number of aryl methyl sites for hydroxylation is 1. The number of fused-ring (bicyclic) bond motifs is 1. The molecule has 4 aromatic rings. The third kappa shape index (κ3) is 7.55. The van der Waals surface area contributed by atoms with Crippen molar-refractivity contribution in [2.45, 2.75) is 45.7 Å². The zero-order chi connectivity index (χ0) is 26.9. The Hall–Kier alpha value is -3.44. The molecular weight excluding hydrogens is 536 g/mol. The lowest BCUT2D eigenvalue weighted by Crippen LogP contribution is -2.51. The first kappa shape index (κ1) is 27.6. The van der Waals surface area contributed by atoms with Crippen molar-refractivity contribution in [3.05, 3.63) is 118 Å². The Bertz CT molecular complexity index is 1360. The van der Waals surface area contributed by atoms with E-state index in [0.717, 1.165) is 26.5 Å². The summed E-state index contributed by atoms with van der Waals surface area (Å²) in [5, 5.41) is 5.42. The molecular formula is C33H35BrN2O2. The number of nitrogens with zero attached hydrogens (tertiary/aromatic N) is 1. The van der Waals surface area contributed by atoms with E-state index >= 15 is 0 Å². The molecule has 1 N–H and O–H groups in total. The van der Waals surface area contributed by atoms with Crippen molar-refractivity contribution >= 4 is 38.5 Å². The summed E-state index contributed by atoms with van der Waals surface area (Å²) in [5.41, 5.74) is 3.15. The summed E-state index contributed by atoms with van der Waals surface area (Å²) in [5.74, 6) is 0.173. The van der Waals surface area contributed by atoms with E-state index in [1.165, 1.54) is 5.39 Å². The van der Waals surface area contributed by atoms with Gasteiger partial charge in [0.2, 0.25) is 11.8 Å². The van der Waals surface area contributed by atoms with Gasteiger partial charge in [0.05, 0.1) is 0 Å². The van der Waals surface area contributed by atoms with Crippen LogP contribution in [0.3, 0.4) is 0 Å². The minimum Gasteiger partial charge on any atom is -0.354 e. The highest BCUT2D eigenvalue weighted by molar-refractivity contribution is 9.10. The fourth-order valence-electron chi connectivity index (χ4n) is 4.70. The number of carbonyl (C=O) groups is 2. The number of rotatable bonds is 11. The molecule has 5 heteroatoms. The van der Waals surface area contributed by atoms with Gasteiger partial charge in [0.15, 0.2) is 0 Å². The second-order valence-electron chi connectivity index (χ2n) is 10.1. The molecule has 196 valence electrons. The molecule has 0 saturated heterocycles. The zero-order valence-electron chi connectivity index (χ0n) is 22.1. The van der Waals surface area contributed by atoms with Gasteiger partial charge in [-0.15, -0.1) is 0 Å². The van der Waals surface area contributed by atoms with Crippen LogP contribution in [0.15, 0.2) is 102 Å². The molecule has 0 radical (unpaired) electrons. The van der Waals surface area contributed by atoms with Crippen LogP contribution in [-0.4, -0.2) is 29.3 Å². The molecule has 0 saturated carbocycles. The van der Waals surface area contributed by atoms with Gasteiger partial charge >= 0.3 is 0 Å². The number of halogens is 1. The Morgan fingerprint density at radius 2 is 1.53 bits per heavy atom. The van der Waals surface area contributed by atoms with Gasteiger partial charge in [-0.25, -0.2) is 0 Å². The Morgan fingerprint density at radius 3 is 2.29 bits per heavy atom. The third-order valence-electron chi connectivity index (χ3n) is 6.69.